The minimum Gasteiger partial charge on any atom is -0.493 e. The highest BCUT2D eigenvalue weighted by Crippen LogP contribution is 2.37. The molecule has 0 spiro atoms. The van der Waals surface area contributed by atoms with Crippen LogP contribution in [0.5, 0.6) is 11.5 Å². The third-order valence-corrected chi connectivity index (χ3v) is 5.39. The van der Waals surface area contributed by atoms with Crippen LogP contribution in [-0.2, 0) is 25.5 Å². The number of methoxy groups -OCH3 is 2. The van der Waals surface area contributed by atoms with Crippen LogP contribution in [0.2, 0.25) is 5.02 Å². The predicted molar refractivity (Wildman–Crippen MR) is 128 cm³/mol. The predicted octanol–water partition coefficient (Wildman–Crippen LogP) is 3.29. The van der Waals surface area contributed by atoms with Crippen LogP contribution >= 0.6 is 23.8 Å². The van der Waals surface area contributed by atoms with Gasteiger partial charge >= 0.3 is 5.97 Å². The van der Waals surface area contributed by atoms with Crippen LogP contribution in [-0.4, -0.2) is 43.7 Å². The number of rotatable bonds is 7. The first kappa shape index (κ1) is 24.2. The number of hydrogen-bond donors (Lipinski definition) is 1. The Kier molecular flexibility index (Phi) is 7.67. The van der Waals surface area contributed by atoms with Gasteiger partial charge in [-0.1, -0.05) is 30.7 Å². The second-order valence-electron chi connectivity index (χ2n) is 6.88. The van der Waals surface area contributed by atoms with Crippen molar-refractivity contribution in [2.24, 2.45) is 0 Å². The molecule has 0 aliphatic carbocycles. The van der Waals surface area contributed by atoms with Crippen molar-refractivity contribution >= 4 is 58.5 Å². The lowest BCUT2D eigenvalue weighted by Gasteiger charge is -2.29. The molecule has 33 heavy (non-hydrogen) atoms. The fourth-order valence-electron chi connectivity index (χ4n) is 3.09. The summed E-state index contributed by atoms with van der Waals surface area (Å²) in [6.07, 6.45) is 2.23. The molecule has 8 nitrogen and oxygen atoms in total. The lowest BCUT2D eigenvalue weighted by atomic mass is 10.1. The molecule has 1 aliphatic heterocycles. The van der Waals surface area contributed by atoms with E-state index in [9.17, 15) is 14.4 Å². The molecule has 1 aliphatic rings. The molecule has 2 aromatic carbocycles. The molecular weight excluding hydrogens is 468 g/mol. The van der Waals surface area contributed by atoms with Crippen molar-refractivity contribution in [3.63, 3.8) is 0 Å². The highest BCUT2D eigenvalue weighted by molar-refractivity contribution is 7.80. The van der Waals surface area contributed by atoms with E-state index in [1.165, 1.54) is 37.3 Å². The van der Waals surface area contributed by atoms with E-state index in [-0.39, 0.29) is 33.8 Å². The summed E-state index contributed by atoms with van der Waals surface area (Å²) in [7, 11) is 2.63. The SMILES string of the molecule is CCc1ccc(N2C(=O)C(=Cc3cc(Cl)c(OCC(=O)OC)c(OC)c3)C(=O)NC2=S)cc1. The molecule has 0 aromatic heterocycles. The van der Waals surface area contributed by atoms with E-state index in [0.29, 0.717) is 11.3 Å². The molecular formula is C23H21ClN2O6S. The summed E-state index contributed by atoms with van der Waals surface area (Å²) in [5, 5.41) is 2.66. The minimum atomic E-state index is -0.632. The molecule has 10 heteroatoms. The molecule has 1 heterocycles. The monoisotopic (exact) mass is 488 g/mol. The third kappa shape index (κ3) is 5.32. The fraction of sp³-hybridized carbons (Fsp3) is 0.217. The maximum absolute atomic E-state index is 13.2. The Morgan fingerprint density at radius 3 is 2.48 bits per heavy atom. The Hall–Kier alpha value is -3.43. The maximum atomic E-state index is 13.2. The molecule has 0 unspecified atom stereocenters. The van der Waals surface area contributed by atoms with Gasteiger partial charge in [0.05, 0.1) is 24.9 Å². The highest BCUT2D eigenvalue weighted by atomic mass is 35.5. The number of aryl methyl sites for hydroxylation is 1. The number of hydrogen-bond acceptors (Lipinski definition) is 7. The first-order valence-corrected chi connectivity index (χ1v) is 10.6. The van der Waals surface area contributed by atoms with E-state index < -0.39 is 17.8 Å². The summed E-state index contributed by atoms with van der Waals surface area (Å²) in [5.41, 5.74) is 1.92. The number of nitrogens with zero attached hydrogens (tertiary/aromatic N) is 1. The second kappa shape index (κ2) is 10.5. The van der Waals surface area contributed by atoms with Gasteiger partial charge in [-0.25, -0.2) is 4.79 Å². The fourth-order valence-corrected chi connectivity index (χ4v) is 3.65. The summed E-state index contributed by atoms with van der Waals surface area (Å²) in [6, 6.07) is 10.3. The molecule has 0 radical (unpaired) electrons. The zero-order chi connectivity index (χ0) is 24.1. The van der Waals surface area contributed by atoms with E-state index in [1.54, 1.807) is 12.1 Å². The van der Waals surface area contributed by atoms with Crippen molar-refractivity contribution in [2.75, 3.05) is 25.7 Å². The first-order chi connectivity index (χ1) is 15.8. The molecule has 0 atom stereocenters. The van der Waals surface area contributed by atoms with Gasteiger partial charge in [0.25, 0.3) is 11.8 Å². The van der Waals surface area contributed by atoms with Crippen molar-refractivity contribution in [1.29, 1.82) is 0 Å². The van der Waals surface area contributed by atoms with Gasteiger partial charge < -0.3 is 14.2 Å². The van der Waals surface area contributed by atoms with Gasteiger partial charge in [-0.05, 0) is 60.1 Å². The zero-order valence-corrected chi connectivity index (χ0v) is 19.7. The molecule has 2 aromatic rings. The largest absolute Gasteiger partial charge is 0.493 e. The zero-order valence-electron chi connectivity index (χ0n) is 18.1. The summed E-state index contributed by atoms with van der Waals surface area (Å²) >= 11 is 11.5. The van der Waals surface area contributed by atoms with Crippen molar-refractivity contribution in [2.45, 2.75) is 13.3 Å². The Morgan fingerprint density at radius 2 is 1.88 bits per heavy atom. The van der Waals surface area contributed by atoms with Gasteiger partial charge in [0.2, 0.25) is 0 Å². The Morgan fingerprint density at radius 1 is 1.18 bits per heavy atom. The lowest BCUT2D eigenvalue weighted by Crippen LogP contribution is -2.54. The number of anilines is 1. The summed E-state index contributed by atoms with van der Waals surface area (Å²) in [5.74, 6) is -1.46. The van der Waals surface area contributed by atoms with Crippen molar-refractivity contribution in [3.05, 3.63) is 58.1 Å². The Balaban J connectivity index is 1.95. The number of amides is 2. The minimum absolute atomic E-state index is 0.00595. The Labute approximate surface area is 201 Å². The number of carbonyl (C=O) groups is 3. The normalized spacial score (nSPS) is 14.8. The second-order valence-corrected chi connectivity index (χ2v) is 7.67. The Bertz CT molecular complexity index is 1150. The van der Waals surface area contributed by atoms with Crippen LogP contribution < -0.4 is 19.7 Å². The van der Waals surface area contributed by atoms with Crippen molar-refractivity contribution < 1.29 is 28.6 Å². The molecule has 3 rings (SSSR count). The molecule has 0 bridgehead atoms. The first-order valence-electron chi connectivity index (χ1n) is 9.86. The van der Waals surface area contributed by atoms with Gasteiger partial charge in [-0.3, -0.25) is 19.8 Å². The maximum Gasteiger partial charge on any atom is 0.343 e. The van der Waals surface area contributed by atoms with E-state index >= 15 is 0 Å². The van der Waals surface area contributed by atoms with Crippen molar-refractivity contribution in [3.8, 4) is 11.5 Å². The van der Waals surface area contributed by atoms with Gasteiger partial charge in [0.1, 0.15) is 5.57 Å². The number of ether oxygens (including phenoxy) is 3. The van der Waals surface area contributed by atoms with Crippen LogP contribution in [0.25, 0.3) is 6.08 Å². The van der Waals surface area contributed by atoms with Crippen molar-refractivity contribution in [1.82, 2.24) is 5.32 Å². The molecule has 1 fully saturated rings. The third-order valence-electron chi connectivity index (χ3n) is 4.83. The van der Waals surface area contributed by atoms with E-state index in [0.717, 1.165) is 12.0 Å². The van der Waals surface area contributed by atoms with Crippen LogP contribution in [0, 0.1) is 0 Å². The molecule has 1 N–H and O–H groups in total. The number of nitrogens with one attached hydrogen (secondary N) is 1. The van der Waals surface area contributed by atoms with Gasteiger partial charge in [-0.2, -0.15) is 0 Å². The van der Waals surface area contributed by atoms with E-state index in [4.69, 9.17) is 33.3 Å². The average molecular weight is 489 g/mol. The van der Waals surface area contributed by atoms with Gasteiger partial charge in [0, 0.05) is 0 Å². The number of halogens is 1. The average Bonchev–Trinajstić information content (AvgIpc) is 2.80. The standard InChI is InChI=1S/C23H21ClN2O6S/c1-4-13-5-7-15(8-6-13)26-22(29)16(21(28)25-23(26)33)9-14-10-17(24)20(18(11-14)30-2)32-12-19(27)31-3/h5-11H,4,12H2,1-3H3,(H,25,28,33). The summed E-state index contributed by atoms with van der Waals surface area (Å²) in [6.45, 7) is 1.66. The summed E-state index contributed by atoms with van der Waals surface area (Å²) in [4.78, 5) is 38.4. The highest BCUT2D eigenvalue weighted by Gasteiger charge is 2.34. The quantitative estimate of drug-likeness (QED) is 0.276. The topological polar surface area (TPSA) is 94.2 Å². The van der Waals surface area contributed by atoms with Crippen LogP contribution in [0.3, 0.4) is 0 Å². The number of thiocarbonyl (C=S) groups is 1. The molecule has 2 amide bonds. The van der Waals surface area contributed by atoms with Gasteiger partial charge in [0.15, 0.2) is 23.2 Å². The molecule has 0 saturated carbocycles. The van der Waals surface area contributed by atoms with Crippen LogP contribution in [0.15, 0.2) is 42.0 Å². The van der Waals surface area contributed by atoms with Gasteiger partial charge in [-0.15, -0.1) is 0 Å². The number of benzene rings is 2. The molecule has 1 saturated heterocycles. The number of esters is 1. The summed E-state index contributed by atoms with van der Waals surface area (Å²) < 4.78 is 15.2. The molecule has 172 valence electrons. The van der Waals surface area contributed by atoms with Crippen LogP contribution in [0.4, 0.5) is 5.69 Å². The van der Waals surface area contributed by atoms with E-state index in [1.807, 2.05) is 19.1 Å². The lowest BCUT2D eigenvalue weighted by molar-refractivity contribution is -0.143. The smallest absolute Gasteiger partial charge is 0.343 e. The number of carbonyl (C=O) groups excluding carboxylic acids is 3. The van der Waals surface area contributed by atoms with Crippen LogP contribution in [0.1, 0.15) is 18.1 Å². The van der Waals surface area contributed by atoms with E-state index in [2.05, 4.69) is 10.1 Å².